The van der Waals surface area contributed by atoms with Crippen molar-refractivity contribution in [1.82, 2.24) is 29.9 Å². The Balaban J connectivity index is 1.39. The molecule has 150 valence electrons. The van der Waals surface area contributed by atoms with Gasteiger partial charge >= 0.3 is 0 Å². The minimum Gasteiger partial charge on any atom is -0.370 e. The van der Waals surface area contributed by atoms with Crippen LogP contribution in [0.15, 0.2) is 54.0 Å². The minimum atomic E-state index is -0.279. The predicted molar refractivity (Wildman–Crippen MR) is 108 cm³/mol. The number of nitrogens with zero attached hydrogens (tertiary/aromatic N) is 6. The number of hydrogen-bond acceptors (Lipinski definition) is 6. The van der Waals surface area contributed by atoms with Crippen molar-refractivity contribution in [2.75, 3.05) is 18.0 Å². The van der Waals surface area contributed by atoms with Gasteiger partial charge < -0.3 is 10.2 Å². The molecule has 1 aliphatic heterocycles. The summed E-state index contributed by atoms with van der Waals surface area (Å²) in [4.78, 5) is 30.9. The van der Waals surface area contributed by atoms with Gasteiger partial charge in [-0.2, -0.15) is 10.2 Å². The highest BCUT2D eigenvalue weighted by molar-refractivity contribution is 5.75. The van der Waals surface area contributed by atoms with E-state index in [0.717, 1.165) is 42.9 Å². The van der Waals surface area contributed by atoms with Gasteiger partial charge in [0.2, 0.25) is 5.91 Å². The summed E-state index contributed by atoms with van der Waals surface area (Å²) < 4.78 is 2.83. The van der Waals surface area contributed by atoms with Crippen molar-refractivity contribution in [1.29, 1.82) is 0 Å². The normalized spacial score (nSPS) is 14.0. The third-order valence-electron chi connectivity index (χ3n) is 5.00. The molecule has 2 aromatic heterocycles. The zero-order valence-corrected chi connectivity index (χ0v) is 16.1. The second-order valence-electron chi connectivity index (χ2n) is 7.00. The first-order chi connectivity index (χ1) is 14.2. The van der Waals surface area contributed by atoms with Crippen LogP contribution in [-0.4, -0.2) is 43.5 Å². The maximum atomic E-state index is 12.4. The van der Waals surface area contributed by atoms with Gasteiger partial charge in [0.05, 0.1) is 17.6 Å². The van der Waals surface area contributed by atoms with Crippen molar-refractivity contribution in [2.45, 2.75) is 32.4 Å². The van der Waals surface area contributed by atoms with Crippen molar-refractivity contribution < 1.29 is 4.79 Å². The smallest absolute Gasteiger partial charge is 0.269 e. The van der Waals surface area contributed by atoms with Gasteiger partial charge in [-0.1, -0.05) is 18.2 Å². The zero-order chi connectivity index (χ0) is 20.1. The lowest BCUT2D eigenvalue weighted by molar-refractivity contribution is -0.122. The van der Waals surface area contributed by atoms with E-state index < -0.39 is 0 Å². The Bertz CT molecular complexity index is 1020. The lowest BCUT2D eigenvalue weighted by atomic mass is 10.1. The van der Waals surface area contributed by atoms with Gasteiger partial charge in [0.1, 0.15) is 19.2 Å². The third-order valence-corrected chi connectivity index (χ3v) is 5.00. The summed E-state index contributed by atoms with van der Waals surface area (Å²) in [5.41, 5.74) is 2.29. The number of carbonyl (C=O) groups is 1. The van der Waals surface area contributed by atoms with Crippen LogP contribution in [0.2, 0.25) is 0 Å². The van der Waals surface area contributed by atoms with E-state index in [1.165, 1.54) is 17.4 Å². The maximum absolute atomic E-state index is 12.4. The Morgan fingerprint density at radius 2 is 1.93 bits per heavy atom. The number of nitrogens with one attached hydrogen (secondary N) is 1. The third kappa shape index (κ3) is 4.50. The van der Waals surface area contributed by atoms with E-state index in [4.69, 9.17) is 0 Å². The van der Waals surface area contributed by atoms with Crippen LogP contribution in [0.25, 0.3) is 5.69 Å². The van der Waals surface area contributed by atoms with Crippen molar-refractivity contribution in [2.24, 2.45) is 0 Å². The Labute approximate surface area is 168 Å². The fourth-order valence-corrected chi connectivity index (χ4v) is 3.47. The van der Waals surface area contributed by atoms with Crippen molar-refractivity contribution in [3.63, 3.8) is 0 Å². The van der Waals surface area contributed by atoms with E-state index in [1.54, 1.807) is 23.3 Å². The molecule has 4 rings (SSSR count). The van der Waals surface area contributed by atoms with Gasteiger partial charge in [0.25, 0.3) is 5.56 Å². The number of para-hydroxylation sites is 1. The molecule has 0 atom stereocenters. The van der Waals surface area contributed by atoms with Crippen molar-refractivity contribution in [3.05, 3.63) is 65.1 Å². The van der Waals surface area contributed by atoms with Gasteiger partial charge in [-0.15, -0.1) is 0 Å². The topological polar surface area (TPSA) is 97.9 Å². The molecule has 29 heavy (non-hydrogen) atoms. The molecular formula is C20H23N7O2. The van der Waals surface area contributed by atoms with Crippen LogP contribution in [0.5, 0.6) is 0 Å². The Morgan fingerprint density at radius 1 is 1.10 bits per heavy atom. The summed E-state index contributed by atoms with van der Waals surface area (Å²) >= 11 is 0. The van der Waals surface area contributed by atoms with Gasteiger partial charge in [0, 0.05) is 25.7 Å². The lowest BCUT2D eigenvalue weighted by Crippen LogP contribution is -2.35. The van der Waals surface area contributed by atoms with Crippen LogP contribution in [0.4, 0.5) is 5.69 Å². The molecule has 1 fully saturated rings. The Morgan fingerprint density at radius 3 is 2.69 bits per heavy atom. The van der Waals surface area contributed by atoms with E-state index in [0.29, 0.717) is 6.54 Å². The molecule has 3 aromatic rings. The molecule has 1 aliphatic rings. The second kappa shape index (κ2) is 8.68. The molecule has 0 unspecified atom stereocenters. The molecule has 0 saturated carbocycles. The molecule has 1 N–H and O–H groups in total. The first kappa shape index (κ1) is 18.9. The SMILES string of the molecule is O=C(Cn1ncc(N2CCCCC2)cc1=O)NCc1ccccc1-n1cncn1. The number of aromatic nitrogens is 5. The number of anilines is 1. The molecule has 0 radical (unpaired) electrons. The number of rotatable bonds is 6. The summed E-state index contributed by atoms with van der Waals surface area (Å²) in [6.45, 7) is 2.08. The van der Waals surface area contributed by atoms with Crippen LogP contribution >= 0.6 is 0 Å². The standard InChI is InChI=1S/C20H23N7O2/c28-19(22-11-16-6-2-3-7-18(16)27-15-21-14-24-27)13-26-20(29)10-17(12-23-26)25-8-4-1-5-9-25/h2-3,6-7,10,12,14-15H,1,4-5,8-9,11,13H2,(H,22,28). The molecule has 3 heterocycles. The zero-order valence-electron chi connectivity index (χ0n) is 16.1. The number of carbonyl (C=O) groups excluding carboxylic acids is 1. The quantitative estimate of drug-likeness (QED) is 0.674. The fraction of sp³-hybridized carbons (Fsp3) is 0.350. The number of piperidine rings is 1. The summed E-state index contributed by atoms with van der Waals surface area (Å²) in [5.74, 6) is -0.279. The van der Waals surface area contributed by atoms with Crippen molar-refractivity contribution in [3.8, 4) is 5.69 Å². The molecule has 0 aliphatic carbocycles. The van der Waals surface area contributed by atoms with E-state index in [2.05, 4.69) is 25.4 Å². The highest BCUT2D eigenvalue weighted by Crippen LogP contribution is 2.16. The van der Waals surface area contributed by atoms with Crippen LogP contribution in [0.3, 0.4) is 0 Å². The molecule has 1 saturated heterocycles. The molecular weight excluding hydrogens is 370 g/mol. The van der Waals surface area contributed by atoms with E-state index >= 15 is 0 Å². The van der Waals surface area contributed by atoms with Gasteiger partial charge in [-0.3, -0.25) is 9.59 Å². The largest absolute Gasteiger partial charge is 0.370 e. The second-order valence-corrected chi connectivity index (χ2v) is 7.00. The van der Waals surface area contributed by atoms with Crippen LogP contribution in [0, 0.1) is 0 Å². The monoisotopic (exact) mass is 393 g/mol. The van der Waals surface area contributed by atoms with Crippen LogP contribution in [-0.2, 0) is 17.9 Å². The number of amides is 1. The molecule has 0 spiro atoms. The van der Waals surface area contributed by atoms with Gasteiger partial charge in [0.15, 0.2) is 0 Å². The average molecular weight is 393 g/mol. The summed E-state index contributed by atoms with van der Waals surface area (Å²) in [7, 11) is 0. The number of benzene rings is 1. The Kier molecular flexibility index (Phi) is 5.64. The highest BCUT2D eigenvalue weighted by atomic mass is 16.2. The summed E-state index contributed by atoms with van der Waals surface area (Å²) in [6.07, 6.45) is 8.21. The number of hydrogen-bond donors (Lipinski definition) is 1. The molecule has 9 nitrogen and oxygen atoms in total. The van der Waals surface area contributed by atoms with Crippen molar-refractivity contribution >= 4 is 11.6 Å². The van der Waals surface area contributed by atoms with Crippen LogP contribution < -0.4 is 15.8 Å². The van der Waals surface area contributed by atoms with E-state index in [9.17, 15) is 9.59 Å². The Hall–Kier alpha value is -3.49. The van der Waals surface area contributed by atoms with Crippen LogP contribution in [0.1, 0.15) is 24.8 Å². The fourth-order valence-electron chi connectivity index (χ4n) is 3.47. The highest BCUT2D eigenvalue weighted by Gasteiger charge is 2.14. The van der Waals surface area contributed by atoms with Gasteiger partial charge in [-0.05, 0) is 30.9 Å². The lowest BCUT2D eigenvalue weighted by Gasteiger charge is -2.28. The molecule has 0 bridgehead atoms. The first-order valence-electron chi connectivity index (χ1n) is 9.72. The molecule has 1 amide bonds. The van der Waals surface area contributed by atoms with E-state index in [1.807, 2.05) is 24.3 Å². The molecule has 9 heteroatoms. The summed E-state index contributed by atoms with van der Waals surface area (Å²) in [5, 5.41) is 11.2. The average Bonchev–Trinajstić information content (AvgIpc) is 3.29. The first-order valence-corrected chi connectivity index (χ1v) is 9.72. The molecule has 1 aromatic carbocycles. The summed E-state index contributed by atoms with van der Waals surface area (Å²) in [6, 6.07) is 9.17. The maximum Gasteiger partial charge on any atom is 0.269 e. The van der Waals surface area contributed by atoms with E-state index in [-0.39, 0.29) is 18.0 Å². The van der Waals surface area contributed by atoms with Gasteiger partial charge in [-0.25, -0.2) is 14.3 Å². The minimum absolute atomic E-state index is 0.120. The predicted octanol–water partition coefficient (Wildman–Crippen LogP) is 1.13.